The lowest BCUT2D eigenvalue weighted by Crippen LogP contribution is -2.14. The Bertz CT molecular complexity index is 552. The average molecular weight is 250 g/mol. The van der Waals surface area contributed by atoms with Gasteiger partial charge in [0.2, 0.25) is 5.16 Å². The number of nitrogens with one attached hydrogen (secondary N) is 1. The van der Waals surface area contributed by atoms with Crippen molar-refractivity contribution in [3.8, 4) is 0 Å². The molecule has 0 aliphatic heterocycles. The van der Waals surface area contributed by atoms with Crippen LogP contribution in [0.2, 0.25) is 0 Å². The molecule has 2 heterocycles. The molecule has 88 valence electrons. The zero-order chi connectivity index (χ0) is 12.3. The van der Waals surface area contributed by atoms with E-state index < -0.39 is 0 Å². The van der Waals surface area contributed by atoms with Crippen LogP contribution in [0.1, 0.15) is 11.4 Å². The number of pyridine rings is 1. The lowest BCUT2D eigenvalue weighted by molar-refractivity contribution is 0.318. The van der Waals surface area contributed by atoms with Gasteiger partial charge in [-0.25, -0.2) is 9.97 Å². The van der Waals surface area contributed by atoms with E-state index in [0.717, 1.165) is 0 Å². The van der Waals surface area contributed by atoms with E-state index in [0.29, 0.717) is 21.6 Å². The maximum Gasteiger partial charge on any atom is 0.214 e. The van der Waals surface area contributed by atoms with Gasteiger partial charge in [0, 0.05) is 6.20 Å². The number of nitrogens with zero attached hydrogens (tertiary/aromatic N) is 4. The third-order valence-electron chi connectivity index (χ3n) is 1.92. The van der Waals surface area contributed by atoms with Crippen molar-refractivity contribution in [3.63, 3.8) is 0 Å². The molecule has 2 rings (SSSR count). The normalized spacial score (nSPS) is 11.7. The van der Waals surface area contributed by atoms with Gasteiger partial charge in [0.1, 0.15) is 10.9 Å². The molecule has 0 aliphatic rings. The quantitative estimate of drug-likeness (QED) is 0.321. The number of H-pyrrole nitrogens is 1. The highest BCUT2D eigenvalue weighted by molar-refractivity contribution is 7.99. The molecule has 2 aromatic rings. The minimum atomic E-state index is 0.00728. The molecule has 0 spiro atoms. The number of nitrogens with two attached hydrogens (primary N) is 1. The summed E-state index contributed by atoms with van der Waals surface area (Å²) in [5.41, 5.74) is 6.10. The van der Waals surface area contributed by atoms with E-state index in [1.54, 1.807) is 25.3 Å². The maximum atomic E-state index is 8.67. The summed E-state index contributed by atoms with van der Waals surface area (Å²) in [6.07, 6.45) is 1.62. The molecule has 0 atom stereocenters. The summed E-state index contributed by atoms with van der Waals surface area (Å²) in [6, 6.07) is 3.42. The Balaban J connectivity index is 2.32. The van der Waals surface area contributed by atoms with Crippen LogP contribution in [0.5, 0.6) is 0 Å². The van der Waals surface area contributed by atoms with Gasteiger partial charge in [-0.1, -0.05) is 5.16 Å². The Labute approximate surface area is 101 Å². The molecule has 4 N–H and O–H groups in total. The Hall–Kier alpha value is -2.09. The first-order valence-corrected chi connectivity index (χ1v) is 5.52. The Morgan fingerprint density at radius 1 is 1.59 bits per heavy atom. The molecule has 0 aromatic carbocycles. The van der Waals surface area contributed by atoms with Crippen LogP contribution in [0.25, 0.3) is 0 Å². The summed E-state index contributed by atoms with van der Waals surface area (Å²) in [5, 5.41) is 19.5. The van der Waals surface area contributed by atoms with Crippen molar-refractivity contribution in [2.24, 2.45) is 10.9 Å². The summed E-state index contributed by atoms with van der Waals surface area (Å²) in [4.78, 5) is 8.29. The van der Waals surface area contributed by atoms with Crippen molar-refractivity contribution in [1.29, 1.82) is 0 Å². The molecule has 0 saturated carbocycles. The standard InChI is InChI=1S/C9H10N6OS/c1-5-12-9(14-13-5)17-8-6(7(10)15-16)3-2-4-11-8/h2-4,16H,1H3,(H2,10,15)(H,12,13,14). The highest BCUT2D eigenvalue weighted by Gasteiger charge is 2.11. The van der Waals surface area contributed by atoms with Crippen LogP contribution in [0.3, 0.4) is 0 Å². The largest absolute Gasteiger partial charge is 0.409 e. The highest BCUT2D eigenvalue weighted by Crippen LogP contribution is 2.25. The zero-order valence-corrected chi connectivity index (χ0v) is 9.77. The van der Waals surface area contributed by atoms with Crippen LogP contribution in [0.4, 0.5) is 0 Å². The van der Waals surface area contributed by atoms with Crippen molar-refractivity contribution in [3.05, 3.63) is 29.7 Å². The molecule has 0 unspecified atom stereocenters. The second-order valence-corrected chi connectivity index (χ2v) is 4.10. The lowest BCUT2D eigenvalue weighted by Gasteiger charge is -2.03. The summed E-state index contributed by atoms with van der Waals surface area (Å²) < 4.78 is 0. The predicted molar refractivity (Wildman–Crippen MR) is 62.0 cm³/mol. The molecule has 0 saturated heterocycles. The van der Waals surface area contributed by atoms with Crippen LogP contribution in [0.15, 0.2) is 33.7 Å². The van der Waals surface area contributed by atoms with Gasteiger partial charge >= 0.3 is 0 Å². The molecule has 0 aliphatic carbocycles. The first-order chi connectivity index (χ1) is 8.20. The Morgan fingerprint density at radius 3 is 3.06 bits per heavy atom. The third-order valence-corrected chi connectivity index (χ3v) is 2.80. The van der Waals surface area contributed by atoms with Crippen LogP contribution in [0, 0.1) is 6.92 Å². The fourth-order valence-corrected chi connectivity index (χ4v) is 2.02. The smallest absolute Gasteiger partial charge is 0.214 e. The molecular formula is C9H10N6OS. The number of oxime groups is 1. The monoisotopic (exact) mass is 250 g/mol. The zero-order valence-electron chi connectivity index (χ0n) is 8.95. The van der Waals surface area contributed by atoms with E-state index in [1.165, 1.54) is 11.8 Å². The number of hydrogen-bond donors (Lipinski definition) is 3. The van der Waals surface area contributed by atoms with Gasteiger partial charge < -0.3 is 10.9 Å². The van der Waals surface area contributed by atoms with E-state index in [-0.39, 0.29) is 5.84 Å². The second-order valence-electron chi connectivity index (χ2n) is 3.15. The van der Waals surface area contributed by atoms with E-state index in [9.17, 15) is 0 Å². The first-order valence-electron chi connectivity index (χ1n) is 4.70. The van der Waals surface area contributed by atoms with E-state index in [1.807, 2.05) is 0 Å². The van der Waals surface area contributed by atoms with Gasteiger partial charge in [-0.2, -0.15) is 0 Å². The van der Waals surface area contributed by atoms with E-state index in [4.69, 9.17) is 10.9 Å². The van der Waals surface area contributed by atoms with Crippen LogP contribution in [-0.2, 0) is 0 Å². The fourth-order valence-electron chi connectivity index (χ4n) is 1.18. The fraction of sp³-hybridized carbons (Fsp3) is 0.111. The van der Waals surface area contributed by atoms with Gasteiger partial charge in [0.05, 0.1) is 5.56 Å². The number of amidine groups is 1. The van der Waals surface area contributed by atoms with Crippen LogP contribution >= 0.6 is 11.8 Å². The average Bonchev–Trinajstić information content (AvgIpc) is 2.74. The summed E-state index contributed by atoms with van der Waals surface area (Å²) in [5.74, 6) is 0.724. The van der Waals surface area contributed by atoms with E-state index >= 15 is 0 Å². The number of aromatic nitrogens is 4. The Morgan fingerprint density at radius 2 is 2.41 bits per heavy atom. The SMILES string of the molecule is Cc1nc(Sc2ncccc2/C(N)=N/O)n[nH]1. The molecule has 0 bridgehead atoms. The van der Waals surface area contributed by atoms with Gasteiger partial charge in [0.25, 0.3) is 0 Å². The molecular weight excluding hydrogens is 240 g/mol. The molecule has 7 nitrogen and oxygen atoms in total. The summed E-state index contributed by atoms with van der Waals surface area (Å²) >= 11 is 1.24. The molecule has 0 fully saturated rings. The predicted octanol–water partition coefficient (Wildman–Crippen LogP) is 0.754. The first kappa shape index (κ1) is 11.4. The number of aromatic amines is 1. The van der Waals surface area contributed by atoms with Crippen LogP contribution in [-0.4, -0.2) is 31.2 Å². The summed E-state index contributed by atoms with van der Waals surface area (Å²) in [6.45, 7) is 1.81. The van der Waals surface area contributed by atoms with Gasteiger partial charge in [-0.3, -0.25) is 5.10 Å². The molecule has 2 aromatic heterocycles. The van der Waals surface area contributed by atoms with Gasteiger partial charge in [-0.05, 0) is 30.8 Å². The van der Waals surface area contributed by atoms with Crippen molar-refractivity contribution >= 4 is 17.6 Å². The second kappa shape index (κ2) is 4.83. The van der Waals surface area contributed by atoms with Crippen molar-refractivity contribution < 1.29 is 5.21 Å². The molecule has 0 amide bonds. The third kappa shape index (κ3) is 2.53. The highest BCUT2D eigenvalue weighted by atomic mass is 32.2. The minimum Gasteiger partial charge on any atom is -0.409 e. The van der Waals surface area contributed by atoms with Gasteiger partial charge in [-0.15, -0.1) is 5.10 Å². The molecule has 0 radical (unpaired) electrons. The minimum absolute atomic E-state index is 0.00728. The number of rotatable bonds is 3. The van der Waals surface area contributed by atoms with E-state index in [2.05, 4.69) is 25.3 Å². The van der Waals surface area contributed by atoms with Crippen LogP contribution < -0.4 is 5.73 Å². The number of aryl methyl sites for hydroxylation is 1. The molecule has 17 heavy (non-hydrogen) atoms. The molecule has 8 heteroatoms. The van der Waals surface area contributed by atoms with Gasteiger partial charge in [0.15, 0.2) is 5.84 Å². The summed E-state index contributed by atoms with van der Waals surface area (Å²) in [7, 11) is 0. The number of hydrogen-bond acceptors (Lipinski definition) is 6. The maximum absolute atomic E-state index is 8.67. The van der Waals surface area contributed by atoms with Crippen molar-refractivity contribution in [2.45, 2.75) is 17.1 Å². The lowest BCUT2D eigenvalue weighted by atomic mass is 10.3. The van der Waals surface area contributed by atoms with Crippen molar-refractivity contribution in [2.75, 3.05) is 0 Å². The van der Waals surface area contributed by atoms with Crippen molar-refractivity contribution in [1.82, 2.24) is 20.2 Å². The topological polar surface area (TPSA) is 113 Å². The Kier molecular flexibility index (Phi) is 3.24.